The Labute approximate surface area is 123 Å². The molecule has 0 fully saturated rings. The number of hydrogen-bond donors (Lipinski definition) is 1. The Hall–Kier alpha value is -1.94. The first-order chi connectivity index (χ1) is 9.67. The minimum absolute atomic E-state index is 0.188. The number of hydrogen-bond acceptors (Lipinski definition) is 4. The second kappa shape index (κ2) is 7.01. The van der Waals surface area contributed by atoms with Crippen LogP contribution in [0.15, 0.2) is 58.3 Å². The molecular formula is C16H17NO2S. The van der Waals surface area contributed by atoms with Gasteiger partial charge in [0, 0.05) is 21.9 Å². The Bertz CT molecular complexity index is 564. The van der Waals surface area contributed by atoms with Gasteiger partial charge in [-0.3, -0.25) is 4.79 Å². The van der Waals surface area contributed by atoms with Crippen molar-refractivity contribution >= 4 is 23.4 Å². The molecule has 0 unspecified atom stereocenters. The van der Waals surface area contributed by atoms with Crippen LogP contribution in [0, 0.1) is 0 Å². The maximum Gasteiger partial charge on any atom is 0.311 e. The summed E-state index contributed by atoms with van der Waals surface area (Å²) in [6.07, 6.45) is 1.24. The third-order valence-electron chi connectivity index (χ3n) is 2.63. The maximum absolute atomic E-state index is 11.4. The van der Waals surface area contributed by atoms with Crippen LogP contribution in [0.4, 0.5) is 5.69 Å². The summed E-state index contributed by atoms with van der Waals surface area (Å²) in [6, 6.07) is 15.2. The fourth-order valence-electron chi connectivity index (χ4n) is 1.63. The average Bonchev–Trinajstić information content (AvgIpc) is 2.44. The molecule has 0 bridgehead atoms. The molecule has 0 heterocycles. The molecule has 2 aromatic rings. The van der Waals surface area contributed by atoms with E-state index < -0.39 is 0 Å². The van der Waals surface area contributed by atoms with Gasteiger partial charge in [-0.2, -0.15) is 0 Å². The quantitative estimate of drug-likeness (QED) is 0.510. The van der Waals surface area contributed by atoms with Crippen molar-refractivity contribution in [2.75, 3.05) is 5.73 Å². The van der Waals surface area contributed by atoms with E-state index in [0.717, 1.165) is 21.9 Å². The highest BCUT2D eigenvalue weighted by Crippen LogP contribution is 2.29. The van der Waals surface area contributed by atoms with Gasteiger partial charge in [-0.25, -0.2) is 0 Å². The number of carbonyl (C=O) groups is 1. The topological polar surface area (TPSA) is 52.3 Å². The molecule has 3 nitrogen and oxygen atoms in total. The van der Waals surface area contributed by atoms with Crippen molar-refractivity contribution in [2.45, 2.75) is 29.6 Å². The summed E-state index contributed by atoms with van der Waals surface area (Å²) in [5.74, 6) is 0.400. The van der Waals surface area contributed by atoms with E-state index >= 15 is 0 Å². The summed E-state index contributed by atoms with van der Waals surface area (Å²) in [5.41, 5.74) is 6.41. The van der Waals surface area contributed by atoms with Gasteiger partial charge >= 0.3 is 5.97 Å². The van der Waals surface area contributed by atoms with Crippen LogP contribution in [0.2, 0.25) is 0 Å². The fourth-order valence-corrected chi connectivity index (χ4v) is 2.45. The van der Waals surface area contributed by atoms with Crippen molar-refractivity contribution < 1.29 is 9.53 Å². The molecule has 2 aromatic carbocycles. The number of nitrogen functional groups attached to an aromatic ring is 1. The third-order valence-corrected chi connectivity index (χ3v) is 3.64. The predicted octanol–water partition coefficient (Wildman–Crippen LogP) is 4.13. The molecule has 0 aliphatic rings. The highest BCUT2D eigenvalue weighted by atomic mass is 32.2. The largest absolute Gasteiger partial charge is 0.427 e. The summed E-state index contributed by atoms with van der Waals surface area (Å²) in [4.78, 5) is 13.6. The zero-order valence-electron chi connectivity index (χ0n) is 11.3. The SMILES string of the molecule is CCCC(=O)Oc1ccc(Sc2ccc(N)cc2)cc1. The van der Waals surface area contributed by atoms with E-state index in [-0.39, 0.29) is 5.97 Å². The number of nitrogens with two attached hydrogens (primary N) is 1. The van der Waals surface area contributed by atoms with Gasteiger partial charge in [0.05, 0.1) is 0 Å². The molecule has 2 N–H and O–H groups in total. The lowest BCUT2D eigenvalue weighted by atomic mass is 10.3. The fraction of sp³-hybridized carbons (Fsp3) is 0.188. The molecule has 104 valence electrons. The first-order valence-corrected chi connectivity index (χ1v) is 7.33. The summed E-state index contributed by atoms with van der Waals surface area (Å²) >= 11 is 1.64. The summed E-state index contributed by atoms with van der Waals surface area (Å²) in [7, 11) is 0. The number of ether oxygens (including phenoxy) is 1. The minimum Gasteiger partial charge on any atom is -0.427 e. The van der Waals surface area contributed by atoms with Crippen molar-refractivity contribution in [3.63, 3.8) is 0 Å². The van der Waals surface area contributed by atoms with E-state index in [4.69, 9.17) is 10.5 Å². The molecule has 0 amide bonds. The molecule has 0 radical (unpaired) electrons. The Balaban J connectivity index is 1.97. The van der Waals surface area contributed by atoms with Crippen LogP contribution in [-0.2, 0) is 4.79 Å². The Morgan fingerprint density at radius 1 is 1.05 bits per heavy atom. The van der Waals surface area contributed by atoms with E-state index in [1.54, 1.807) is 11.8 Å². The number of anilines is 1. The maximum atomic E-state index is 11.4. The zero-order chi connectivity index (χ0) is 14.4. The number of rotatable bonds is 5. The molecule has 0 spiro atoms. The van der Waals surface area contributed by atoms with Crippen LogP contribution >= 0.6 is 11.8 Å². The highest BCUT2D eigenvalue weighted by molar-refractivity contribution is 7.99. The predicted molar refractivity (Wildman–Crippen MR) is 82.0 cm³/mol. The molecule has 0 aliphatic heterocycles. The van der Waals surface area contributed by atoms with Gasteiger partial charge in [-0.15, -0.1) is 0 Å². The van der Waals surface area contributed by atoms with Crippen molar-refractivity contribution in [3.8, 4) is 5.75 Å². The van der Waals surface area contributed by atoms with Crippen LogP contribution in [0.1, 0.15) is 19.8 Å². The number of esters is 1. The normalized spacial score (nSPS) is 10.2. The van der Waals surface area contributed by atoms with Gasteiger partial charge in [-0.05, 0) is 55.0 Å². The zero-order valence-corrected chi connectivity index (χ0v) is 12.2. The number of benzene rings is 2. The molecular weight excluding hydrogens is 270 g/mol. The van der Waals surface area contributed by atoms with E-state index in [1.165, 1.54) is 0 Å². The van der Waals surface area contributed by atoms with E-state index in [0.29, 0.717) is 12.2 Å². The molecule has 0 aromatic heterocycles. The second-order valence-corrected chi connectivity index (χ2v) is 5.51. The smallest absolute Gasteiger partial charge is 0.311 e. The first-order valence-electron chi connectivity index (χ1n) is 6.51. The molecule has 0 saturated heterocycles. The van der Waals surface area contributed by atoms with Gasteiger partial charge in [0.15, 0.2) is 0 Å². The molecule has 20 heavy (non-hydrogen) atoms. The van der Waals surface area contributed by atoms with Gasteiger partial charge in [0.25, 0.3) is 0 Å². The lowest BCUT2D eigenvalue weighted by Gasteiger charge is -2.05. The van der Waals surface area contributed by atoms with Crippen LogP contribution in [0.25, 0.3) is 0 Å². The Morgan fingerprint density at radius 3 is 2.15 bits per heavy atom. The van der Waals surface area contributed by atoms with Gasteiger partial charge < -0.3 is 10.5 Å². The lowest BCUT2D eigenvalue weighted by Crippen LogP contribution is -2.06. The van der Waals surface area contributed by atoms with Gasteiger partial charge in [0.2, 0.25) is 0 Å². The van der Waals surface area contributed by atoms with Crippen LogP contribution in [0.5, 0.6) is 5.75 Å². The van der Waals surface area contributed by atoms with Crippen molar-refractivity contribution in [1.82, 2.24) is 0 Å². The monoisotopic (exact) mass is 287 g/mol. The van der Waals surface area contributed by atoms with Crippen molar-refractivity contribution in [2.24, 2.45) is 0 Å². The average molecular weight is 287 g/mol. The van der Waals surface area contributed by atoms with Crippen molar-refractivity contribution in [3.05, 3.63) is 48.5 Å². The number of carbonyl (C=O) groups excluding carboxylic acids is 1. The second-order valence-electron chi connectivity index (χ2n) is 4.37. The minimum atomic E-state index is -0.188. The Kier molecular flexibility index (Phi) is 5.07. The van der Waals surface area contributed by atoms with E-state index in [1.807, 2.05) is 55.5 Å². The first kappa shape index (κ1) is 14.5. The summed E-state index contributed by atoms with van der Waals surface area (Å²) in [6.45, 7) is 1.95. The molecule has 0 saturated carbocycles. The Morgan fingerprint density at radius 2 is 1.60 bits per heavy atom. The van der Waals surface area contributed by atoms with Crippen molar-refractivity contribution in [1.29, 1.82) is 0 Å². The van der Waals surface area contributed by atoms with Crippen LogP contribution < -0.4 is 10.5 Å². The van der Waals surface area contributed by atoms with Crippen LogP contribution in [-0.4, -0.2) is 5.97 Å². The van der Waals surface area contributed by atoms with E-state index in [2.05, 4.69) is 0 Å². The third kappa shape index (κ3) is 4.31. The van der Waals surface area contributed by atoms with Gasteiger partial charge in [0.1, 0.15) is 5.75 Å². The molecule has 4 heteroatoms. The molecule has 0 aliphatic carbocycles. The van der Waals surface area contributed by atoms with Gasteiger partial charge in [-0.1, -0.05) is 18.7 Å². The van der Waals surface area contributed by atoms with Crippen LogP contribution in [0.3, 0.4) is 0 Å². The lowest BCUT2D eigenvalue weighted by molar-refractivity contribution is -0.134. The highest BCUT2D eigenvalue weighted by Gasteiger charge is 2.03. The molecule has 0 atom stereocenters. The standard InChI is InChI=1S/C16H17NO2S/c1-2-3-16(18)19-13-6-10-15(11-7-13)20-14-8-4-12(17)5-9-14/h4-11H,2-3,17H2,1H3. The summed E-state index contributed by atoms with van der Waals surface area (Å²) < 4.78 is 5.21. The summed E-state index contributed by atoms with van der Waals surface area (Å²) in [5, 5.41) is 0. The van der Waals surface area contributed by atoms with E-state index in [9.17, 15) is 4.79 Å². The molecule has 2 rings (SSSR count).